The standard InChI is InChI=1S/C19H17F4N5O3/c1-9-5-26-14(6-25-9)16(29)27-10-2-3-13(20)11(4-10)18-8-31-15(19(21,22)23)12(18)7-30-17(24)28-18/h2-6,12,15H,7-8H2,1H3,(H2,24,28)(H,27,29)/t12-,15+,18?/m1/s1. The Balaban J connectivity index is 1.71. The van der Waals surface area contributed by atoms with Crippen molar-refractivity contribution in [3.63, 3.8) is 0 Å². The molecule has 1 amide bonds. The summed E-state index contributed by atoms with van der Waals surface area (Å²) in [5.74, 6) is -2.80. The molecule has 2 aliphatic heterocycles. The number of hydrogen-bond donors (Lipinski definition) is 2. The number of aliphatic imine (C=N–C) groups is 1. The molecule has 2 aliphatic rings. The lowest BCUT2D eigenvalue weighted by Crippen LogP contribution is -2.48. The monoisotopic (exact) mass is 439 g/mol. The van der Waals surface area contributed by atoms with E-state index in [9.17, 15) is 22.4 Å². The predicted octanol–water partition coefficient (Wildman–Crippen LogP) is 2.29. The highest BCUT2D eigenvalue weighted by atomic mass is 19.4. The van der Waals surface area contributed by atoms with Gasteiger partial charge in [-0.25, -0.2) is 14.4 Å². The average Bonchev–Trinajstić information content (AvgIpc) is 3.09. The number of halogens is 4. The number of benzene rings is 1. The number of nitrogens with zero attached hydrogens (tertiary/aromatic N) is 3. The molecule has 3 N–H and O–H groups in total. The minimum atomic E-state index is -4.70. The molecule has 0 bridgehead atoms. The van der Waals surface area contributed by atoms with Crippen molar-refractivity contribution in [3.8, 4) is 0 Å². The molecule has 0 radical (unpaired) electrons. The van der Waals surface area contributed by atoms with Crippen LogP contribution in [0.25, 0.3) is 0 Å². The second-order valence-corrected chi connectivity index (χ2v) is 7.26. The summed E-state index contributed by atoms with van der Waals surface area (Å²) in [4.78, 5) is 24.4. The van der Waals surface area contributed by atoms with Crippen LogP contribution in [-0.2, 0) is 15.0 Å². The lowest BCUT2D eigenvalue weighted by atomic mass is 9.77. The molecule has 0 aliphatic carbocycles. The van der Waals surface area contributed by atoms with E-state index in [0.717, 1.165) is 6.07 Å². The quantitative estimate of drug-likeness (QED) is 0.710. The number of rotatable bonds is 3. The topological polar surface area (TPSA) is 112 Å². The van der Waals surface area contributed by atoms with E-state index in [1.54, 1.807) is 6.92 Å². The number of anilines is 1. The van der Waals surface area contributed by atoms with Crippen LogP contribution in [-0.4, -0.2) is 47.4 Å². The van der Waals surface area contributed by atoms with Crippen LogP contribution in [0.5, 0.6) is 0 Å². The molecular weight excluding hydrogens is 422 g/mol. The molecule has 2 aromatic rings. The first-order chi connectivity index (χ1) is 14.6. The number of alkyl halides is 3. The van der Waals surface area contributed by atoms with Crippen LogP contribution in [0.15, 0.2) is 35.6 Å². The summed E-state index contributed by atoms with van der Waals surface area (Å²) in [5.41, 5.74) is 4.42. The van der Waals surface area contributed by atoms with Gasteiger partial charge in [-0.2, -0.15) is 13.2 Å². The van der Waals surface area contributed by atoms with Gasteiger partial charge >= 0.3 is 6.18 Å². The number of amides is 1. The third-order valence-corrected chi connectivity index (χ3v) is 5.21. The number of carbonyl (C=O) groups excluding carboxylic acids is 1. The minimum Gasteiger partial charge on any atom is -0.465 e. The van der Waals surface area contributed by atoms with E-state index >= 15 is 0 Å². The number of carbonyl (C=O) groups is 1. The minimum absolute atomic E-state index is 0.0159. The molecule has 1 unspecified atom stereocenters. The van der Waals surface area contributed by atoms with Crippen molar-refractivity contribution in [2.24, 2.45) is 16.6 Å². The third-order valence-electron chi connectivity index (χ3n) is 5.21. The van der Waals surface area contributed by atoms with Crippen LogP contribution in [0.1, 0.15) is 21.7 Å². The molecular formula is C19H17F4N5O3. The van der Waals surface area contributed by atoms with Crippen LogP contribution in [0.3, 0.4) is 0 Å². The first-order valence-corrected chi connectivity index (χ1v) is 9.16. The maximum atomic E-state index is 14.8. The van der Waals surface area contributed by atoms with Crippen molar-refractivity contribution < 1.29 is 31.8 Å². The fourth-order valence-electron chi connectivity index (χ4n) is 3.74. The van der Waals surface area contributed by atoms with Gasteiger partial charge < -0.3 is 20.5 Å². The Morgan fingerprint density at radius 1 is 1.29 bits per heavy atom. The van der Waals surface area contributed by atoms with Gasteiger partial charge in [0.1, 0.15) is 17.1 Å². The fourth-order valence-corrected chi connectivity index (χ4v) is 3.74. The zero-order valence-electron chi connectivity index (χ0n) is 16.1. The smallest absolute Gasteiger partial charge is 0.415 e. The van der Waals surface area contributed by atoms with E-state index in [4.69, 9.17) is 15.2 Å². The van der Waals surface area contributed by atoms with E-state index in [1.165, 1.54) is 24.5 Å². The molecule has 3 heterocycles. The molecule has 1 fully saturated rings. The SMILES string of the molecule is Cc1cnc(C(=O)Nc2ccc(F)c(C34CO[C@H](C(F)(F)F)[C@H]3COC(N)=N4)c2)cn1. The van der Waals surface area contributed by atoms with E-state index < -0.39 is 48.7 Å². The Kier molecular flexibility index (Phi) is 5.04. The van der Waals surface area contributed by atoms with Gasteiger partial charge in [-0.05, 0) is 25.1 Å². The van der Waals surface area contributed by atoms with Crippen LogP contribution < -0.4 is 11.1 Å². The molecule has 1 aromatic carbocycles. The molecule has 1 saturated heterocycles. The van der Waals surface area contributed by atoms with Crippen LogP contribution in [0, 0.1) is 18.7 Å². The van der Waals surface area contributed by atoms with Gasteiger partial charge in [0.2, 0.25) is 0 Å². The summed E-state index contributed by atoms with van der Waals surface area (Å²) in [6, 6.07) is 3.14. The summed E-state index contributed by atoms with van der Waals surface area (Å²) in [7, 11) is 0. The van der Waals surface area contributed by atoms with Crippen LogP contribution in [0.4, 0.5) is 23.2 Å². The molecule has 1 aromatic heterocycles. The molecule has 8 nitrogen and oxygen atoms in total. The van der Waals surface area contributed by atoms with Crippen molar-refractivity contribution in [3.05, 3.63) is 53.4 Å². The molecule has 12 heteroatoms. The lowest BCUT2D eigenvalue weighted by molar-refractivity contribution is -0.219. The Morgan fingerprint density at radius 2 is 2.06 bits per heavy atom. The van der Waals surface area contributed by atoms with E-state index in [1.807, 2.05) is 0 Å². The Hall–Kier alpha value is -3.28. The summed E-state index contributed by atoms with van der Waals surface area (Å²) in [6.07, 6.45) is -4.23. The van der Waals surface area contributed by atoms with Crippen LogP contribution in [0.2, 0.25) is 0 Å². The van der Waals surface area contributed by atoms with E-state index in [-0.39, 0.29) is 23.0 Å². The first-order valence-electron chi connectivity index (χ1n) is 9.16. The molecule has 4 rings (SSSR count). The number of aryl methyl sites for hydroxylation is 1. The maximum Gasteiger partial charge on any atom is 0.415 e. The number of hydrogen-bond acceptors (Lipinski definition) is 7. The number of amidine groups is 1. The highest BCUT2D eigenvalue weighted by molar-refractivity contribution is 6.02. The molecule has 31 heavy (non-hydrogen) atoms. The average molecular weight is 439 g/mol. The Bertz CT molecular complexity index is 1040. The van der Waals surface area contributed by atoms with Gasteiger partial charge in [0.25, 0.3) is 11.9 Å². The summed E-state index contributed by atoms with van der Waals surface area (Å²) < 4.78 is 65.2. The van der Waals surface area contributed by atoms with Crippen molar-refractivity contribution in [1.29, 1.82) is 0 Å². The number of aromatic nitrogens is 2. The predicted molar refractivity (Wildman–Crippen MR) is 99.7 cm³/mol. The number of fused-ring (bicyclic) bond motifs is 1. The van der Waals surface area contributed by atoms with Crippen molar-refractivity contribution in [2.45, 2.75) is 24.7 Å². The number of nitrogens with one attached hydrogen (secondary N) is 1. The zero-order chi connectivity index (χ0) is 22.4. The first kappa shape index (κ1) is 21.0. The van der Waals surface area contributed by atoms with Crippen molar-refractivity contribution in [2.75, 3.05) is 18.5 Å². The van der Waals surface area contributed by atoms with Gasteiger partial charge in [0, 0.05) is 17.4 Å². The van der Waals surface area contributed by atoms with Gasteiger partial charge in [-0.1, -0.05) is 0 Å². The maximum absolute atomic E-state index is 14.8. The van der Waals surface area contributed by atoms with E-state index in [2.05, 4.69) is 20.3 Å². The molecule has 0 spiro atoms. The number of ether oxygens (including phenoxy) is 2. The molecule has 0 saturated carbocycles. The van der Waals surface area contributed by atoms with Gasteiger partial charge in [-0.15, -0.1) is 0 Å². The second kappa shape index (κ2) is 7.45. The fraction of sp³-hybridized carbons (Fsp3) is 0.368. The zero-order valence-corrected chi connectivity index (χ0v) is 16.1. The normalized spacial score (nSPS) is 25.4. The highest BCUT2D eigenvalue weighted by Crippen LogP contribution is 2.50. The van der Waals surface area contributed by atoms with Crippen molar-refractivity contribution >= 4 is 17.6 Å². The van der Waals surface area contributed by atoms with Gasteiger partial charge in [-0.3, -0.25) is 9.78 Å². The summed E-state index contributed by atoms with van der Waals surface area (Å²) in [6.45, 7) is 0.701. The Labute approximate surface area is 173 Å². The molecule has 164 valence electrons. The van der Waals surface area contributed by atoms with E-state index in [0.29, 0.717) is 5.69 Å². The lowest BCUT2D eigenvalue weighted by Gasteiger charge is -2.36. The van der Waals surface area contributed by atoms with Crippen LogP contribution >= 0.6 is 0 Å². The van der Waals surface area contributed by atoms with Gasteiger partial charge in [0.05, 0.1) is 31.0 Å². The summed E-state index contributed by atoms with van der Waals surface area (Å²) >= 11 is 0. The largest absolute Gasteiger partial charge is 0.465 e. The second-order valence-electron chi connectivity index (χ2n) is 7.26. The summed E-state index contributed by atoms with van der Waals surface area (Å²) in [5, 5.41) is 2.53. The molecule has 3 atom stereocenters. The number of nitrogens with two attached hydrogens (primary N) is 1. The third kappa shape index (κ3) is 3.78. The van der Waals surface area contributed by atoms with Gasteiger partial charge in [0.15, 0.2) is 6.10 Å². The van der Waals surface area contributed by atoms with Crippen molar-refractivity contribution in [1.82, 2.24) is 9.97 Å². The Morgan fingerprint density at radius 3 is 2.74 bits per heavy atom. The highest BCUT2D eigenvalue weighted by Gasteiger charge is 2.62.